The van der Waals surface area contributed by atoms with Crippen molar-refractivity contribution in [3.05, 3.63) is 35.4 Å². The van der Waals surface area contributed by atoms with Crippen molar-refractivity contribution in [2.45, 2.75) is 18.5 Å². The molecule has 2 nitrogen and oxygen atoms in total. The third kappa shape index (κ3) is 3.70. The lowest BCUT2D eigenvalue weighted by Crippen LogP contribution is -2.24. The molecule has 0 bridgehead atoms. The van der Waals surface area contributed by atoms with Crippen molar-refractivity contribution in [2.24, 2.45) is 0 Å². The fraction of sp³-hybridized carbons (Fsp3) is 0.571. The molecule has 1 fully saturated rings. The number of ether oxygens (including phenoxy) is 1. The zero-order valence-corrected chi connectivity index (χ0v) is 10.9. The Labute approximate surface area is 111 Å². The molecule has 2 rings (SSSR count). The minimum absolute atomic E-state index is 0.194. The van der Waals surface area contributed by atoms with Gasteiger partial charge in [-0.05, 0) is 30.5 Å². The van der Waals surface area contributed by atoms with E-state index in [0.717, 1.165) is 37.7 Å². The van der Waals surface area contributed by atoms with Gasteiger partial charge in [0.05, 0.1) is 12.2 Å². The van der Waals surface area contributed by atoms with Gasteiger partial charge >= 0.3 is 6.18 Å². The molecule has 0 spiro atoms. The molecular formula is C14H18F3NO. The molecule has 0 unspecified atom stereocenters. The molecule has 0 aliphatic carbocycles. The van der Waals surface area contributed by atoms with Crippen molar-refractivity contribution in [3.63, 3.8) is 0 Å². The van der Waals surface area contributed by atoms with Crippen LogP contribution < -0.4 is 0 Å². The molecule has 19 heavy (non-hydrogen) atoms. The summed E-state index contributed by atoms with van der Waals surface area (Å²) in [7, 11) is 1.65. The van der Waals surface area contributed by atoms with Crippen LogP contribution in [-0.2, 0) is 10.9 Å². The quantitative estimate of drug-likeness (QED) is 0.835. The van der Waals surface area contributed by atoms with Crippen molar-refractivity contribution >= 4 is 0 Å². The zero-order chi connectivity index (χ0) is 13.9. The topological polar surface area (TPSA) is 12.5 Å². The van der Waals surface area contributed by atoms with Crippen molar-refractivity contribution in [1.82, 2.24) is 4.90 Å². The van der Waals surface area contributed by atoms with Gasteiger partial charge in [0.25, 0.3) is 0 Å². The third-order valence-electron chi connectivity index (χ3n) is 3.57. The molecule has 0 saturated carbocycles. The van der Waals surface area contributed by atoms with Crippen LogP contribution in [0.3, 0.4) is 0 Å². The second kappa shape index (κ2) is 5.92. The average molecular weight is 273 g/mol. The number of nitrogens with zero attached hydrogens (tertiary/aromatic N) is 1. The summed E-state index contributed by atoms with van der Waals surface area (Å²) in [6.45, 7) is 3.23. The van der Waals surface area contributed by atoms with Gasteiger partial charge in [-0.15, -0.1) is 0 Å². The largest absolute Gasteiger partial charge is 0.416 e. The number of hydrogen-bond acceptors (Lipinski definition) is 2. The van der Waals surface area contributed by atoms with E-state index < -0.39 is 11.7 Å². The minimum atomic E-state index is -4.26. The van der Waals surface area contributed by atoms with E-state index in [0.29, 0.717) is 6.61 Å². The van der Waals surface area contributed by atoms with Crippen LogP contribution in [0.15, 0.2) is 24.3 Å². The molecule has 1 atom stereocenters. The number of alkyl halides is 3. The zero-order valence-electron chi connectivity index (χ0n) is 10.9. The summed E-state index contributed by atoms with van der Waals surface area (Å²) in [6.07, 6.45) is -3.35. The first-order valence-corrected chi connectivity index (χ1v) is 6.39. The normalized spacial score (nSPS) is 20.9. The van der Waals surface area contributed by atoms with Gasteiger partial charge in [-0.1, -0.05) is 18.2 Å². The van der Waals surface area contributed by atoms with Crippen LogP contribution in [0.5, 0.6) is 0 Å². The Kier molecular flexibility index (Phi) is 4.47. The van der Waals surface area contributed by atoms with E-state index >= 15 is 0 Å². The summed E-state index contributed by atoms with van der Waals surface area (Å²) < 4.78 is 43.0. The van der Waals surface area contributed by atoms with Gasteiger partial charge in [-0.25, -0.2) is 0 Å². The average Bonchev–Trinajstić information content (AvgIpc) is 2.84. The third-order valence-corrected chi connectivity index (χ3v) is 3.57. The molecule has 0 aromatic heterocycles. The summed E-state index contributed by atoms with van der Waals surface area (Å²) in [6, 6.07) is 5.70. The van der Waals surface area contributed by atoms with E-state index in [1.165, 1.54) is 12.1 Å². The molecule has 1 aliphatic heterocycles. The Balaban J connectivity index is 2.03. The van der Waals surface area contributed by atoms with Crippen LogP contribution in [-0.4, -0.2) is 38.3 Å². The summed E-state index contributed by atoms with van der Waals surface area (Å²) in [5, 5.41) is 0. The molecule has 106 valence electrons. The second-order valence-corrected chi connectivity index (χ2v) is 4.90. The van der Waals surface area contributed by atoms with Crippen molar-refractivity contribution in [1.29, 1.82) is 0 Å². The lowest BCUT2D eigenvalue weighted by molar-refractivity contribution is -0.137. The number of hydrogen-bond donors (Lipinski definition) is 0. The lowest BCUT2D eigenvalue weighted by atomic mass is 9.96. The SMILES string of the molecule is COCCN1CC[C@H](c2cccc(C(F)(F)F)c2)C1. The van der Waals surface area contributed by atoms with Crippen LogP contribution >= 0.6 is 0 Å². The first-order chi connectivity index (χ1) is 9.00. The van der Waals surface area contributed by atoms with E-state index in [1.54, 1.807) is 13.2 Å². The van der Waals surface area contributed by atoms with Gasteiger partial charge in [0.15, 0.2) is 0 Å². The molecule has 0 radical (unpaired) electrons. The molecule has 1 aromatic carbocycles. The Hall–Kier alpha value is -1.07. The second-order valence-electron chi connectivity index (χ2n) is 4.90. The number of likely N-dealkylation sites (tertiary alicyclic amines) is 1. The number of methoxy groups -OCH3 is 1. The highest BCUT2D eigenvalue weighted by molar-refractivity contribution is 5.29. The Morgan fingerprint density at radius 2 is 2.16 bits per heavy atom. The standard InChI is InChI=1S/C14H18F3NO/c1-19-8-7-18-6-5-12(10-18)11-3-2-4-13(9-11)14(15,16)17/h2-4,9,12H,5-8,10H2,1H3/t12-/m0/s1. The van der Waals surface area contributed by atoms with Crippen LogP contribution in [0.2, 0.25) is 0 Å². The first kappa shape index (κ1) is 14.3. The molecule has 0 N–H and O–H groups in total. The predicted octanol–water partition coefficient (Wildman–Crippen LogP) is 3.14. The fourth-order valence-electron chi connectivity index (χ4n) is 2.50. The maximum absolute atomic E-state index is 12.7. The Bertz CT molecular complexity index is 419. The highest BCUT2D eigenvalue weighted by Gasteiger charge is 2.31. The molecule has 1 aromatic rings. The van der Waals surface area contributed by atoms with Crippen LogP contribution in [0.1, 0.15) is 23.5 Å². The summed E-state index contributed by atoms with van der Waals surface area (Å²) >= 11 is 0. The van der Waals surface area contributed by atoms with Crippen molar-refractivity contribution in [2.75, 3.05) is 33.4 Å². The maximum atomic E-state index is 12.7. The summed E-state index contributed by atoms with van der Waals surface area (Å²) in [5.41, 5.74) is 0.232. The van der Waals surface area contributed by atoms with E-state index in [9.17, 15) is 13.2 Å². The van der Waals surface area contributed by atoms with Gasteiger partial charge in [-0.3, -0.25) is 0 Å². The van der Waals surface area contributed by atoms with Crippen LogP contribution in [0, 0.1) is 0 Å². The molecule has 5 heteroatoms. The molecular weight excluding hydrogens is 255 g/mol. The van der Waals surface area contributed by atoms with Crippen molar-refractivity contribution < 1.29 is 17.9 Å². The molecule has 1 aliphatic rings. The monoisotopic (exact) mass is 273 g/mol. The van der Waals surface area contributed by atoms with Crippen LogP contribution in [0.4, 0.5) is 13.2 Å². The van der Waals surface area contributed by atoms with E-state index in [4.69, 9.17) is 4.74 Å². The molecule has 1 heterocycles. The van der Waals surface area contributed by atoms with E-state index in [-0.39, 0.29) is 5.92 Å². The first-order valence-electron chi connectivity index (χ1n) is 6.39. The van der Waals surface area contributed by atoms with Gasteiger partial charge in [-0.2, -0.15) is 13.2 Å². The highest BCUT2D eigenvalue weighted by Crippen LogP contribution is 2.33. The van der Waals surface area contributed by atoms with Crippen molar-refractivity contribution in [3.8, 4) is 0 Å². The van der Waals surface area contributed by atoms with E-state index in [1.807, 2.05) is 0 Å². The number of benzene rings is 1. The van der Waals surface area contributed by atoms with Gasteiger partial charge in [0.1, 0.15) is 0 Å². The highest BCUT2D eigenvalue weighted by atomic mass is 19.4. The number of halogens is 3. The number of rotatable bonds is 4. The van der Waals surface area contributed by atoms with E-state index in [2.05, 4.69) is 4.90 Å². The molecule has 0 amide bonds. The molecule has 1 saturated heterocycles. The Morgan fingerprint density at radius 3 is 2.84 bits per heavy atom. The van der Waals surface area contributed by atoms with Gasteiger partial charge in [0, 0.05) is 20.2 Å². The summed E-state index contributed by atoms with van der Waals surface area (Å²) in [4.78, 5) is 2.23. The maximum Gasteiger partial charge on any atom is 0.416 e. The van der Waals surface area contributed by atoms with Crippen LogP contribution in [0.25, 0.3) is 0 Å². The fourth-order valence-corrected chi connectivity index (χ4v) is 2.50. The van der Waals surface area contributed by atoms with Gasteiger partial charge in [0.2, 0.25) is 0 Å². The minimum Gasteiger partial charge on any atom is -0.383 e. The summed E-state index contributed by atoms with van der Waals surface area (Å²) in [5.74, 6) is 0.194. The smallest absolute Gasteiger partial charge is 0.383 e. The predicted molar refractivity (Wildman–Crippen MR) is 67.1 cm³/mol. The lowest BCUT2D eigenvalue weighted by Gasteiger charge is -2.16. The van der Waals surface area contributed by atoms with Gasteiger partial charge < -0.3 is 9.64 Å². The Morgan fingerprint density at radius 1 is 1.37 bits per heavy atom.